The lowest BCUT2D eigenvalue weighted by molar-refractivity contribution is -0.125. The number of hydrogen-bond acceptors (Lipinski definition) is 17. The number of urea groups is 3. The van der Waals surface area contributed by atoms with Crippen LogP contribution >= 0.6 is 0 Å². The van der Waals surface area contributed by atoms with Crippen molar-refractivity contribution in [2.24, 2.45) is 11.3 Å². The molecule has 103 heavy (non-hydrogen) atoms. The fraction of sp³-hybridized carbons (Fsp3) is 0.676. The van der Waals surface area contributed by atoms with Gasteiger partial charge in [0.05, 0.1) is 0 Å². The Balaban J connectivity index is 0.000000199. The van der Waals surface area contributed by atoms with E-state index < -0.39 is 5.69 Å². The second-order valence-electron chi connectivity index (χ2n) is 27.4. The second kappa shape index (κ2) is 54.7. The Kier molecular flexibility index (Phi) is 45.5. The van der Waals surface area contributed by atoms with Crippen LogP contribution in [0.5, 0.6) is 0 Å². The highest BCUT2D eigenvalue weighted by Gasteiger charge is 2.41. The maximum Gasteiger partial charge on any atom is 0.325 e. The number of imide groups is 1. The number of fused-ring (bicyclic) bond motifs is 6. The zero-order chi connectivity index (χ0) is 73.5. The number of pyridine rings is 1. The molecule has 29 heteroatoms. The van der Waals surface area contributed by atoms with Gasteiger partial charge in [0, 0.05) is 140 Å². The molecule has 14 saturated heterocycles. The molecule has 1 saturated carbocycles. The standard InChI is InChI=1S/C9H11N.2C7H13N.C6H11N.C5H9NO.C5H5NO.C5H11N.C4H6N2O2.C4H4N2O2.C4H8N2O.C4H6N2O.C4H7NO.C4H9N.C3H5NO.C3H7N/c1-2-6-9-8(4-1)5-3-7-10-9;1-4-8-5-2-7(1)3-6-8;1-2-6-4-5-7(3-1)8-6;1-2-6(3-1)4-7-5-6;2*7-5-3-1-2-4-6-5;1-2-4-6-5-3-1;2*7-3-1-2-5-4(8)6-3;2*7-4-5-2-1-3-6-4;6-4-2-1-3-5-4;1-2-4-5-3-1;5-3-1-2-4-3;1-2-4-3-1/h1-2,4,6,10H,3,5,7H2;7H,1-6H2;6-8H,1-5H2;7H,1-5H2;1-4H2,(H,6,7);1-4H,(H,6,7);6H,1-5H2;1-2H2,(H2,5,6,7,8);1-2H,(H2,5,6,7,8);1-3H2,(H2,5,6,7);1-2H,3H2,(H2,5,6,7);1-3H2,(H,5,6);5H,1-4H2;1-2H2,(H,4,5);4H,1-3H2. The minimum Gasteiger partial charge on any atom is -0.385 e. The molecule has 10 amide bonds. The van der Waals surface area contributed by atoms with Crippen LogP contribution in [0, 0.1) is 11.3 Å². The molecule has 18 heterocycles. The molecule has 4 bridgehead atoms. The molecule has 1 aromatic carbocycles. The van der Waals surface area contributed by atoms with Crippen LogP contribution in [0.2, 0.25) is 0 Å². The molecule has 20 rings (SSSR count). The van der Waals surface area contributed by atoms with Gasteiger partial charge in [-0.2, -0.15) is 0 Å². The first kappa shape index (κ1) is 85.7. The first-order chi connectivity index (χ1) is 50.2. The largest absolute Gasteiger partial charge is 0.385 e. The topological polar surface area (TPSA) is 402 Å². The lowest BCUT2D eigenvalue weighted by Gasteiger charge is -2.49. The van der Waals surface area contributed by atoms with E-state index in [1.807, 2.05) is 11.1 Å². The van der Waals surface area contributed by atoms with Crippen molar-refractivity contribution in [1.82, 2.24) is 94.3 Å². The van der Waals surface area contributed by atoms with Crippen LogP contribution < -0.4 is 96.6 Å². The number of carbonyl (C=O) groups is 7. The van der Waals surface area contributed by atoms with Crippen LogP contribution in [0.25, 0.3) is 0 Å². The number of carbonyl (C=O) groups excluding carboxylic acids is 7. The molecule has 1 aliphatic carbocycles. The summed E-state index contributed by atoms with van der Waals surface area (Å²) in [6.07, 6.45) is 40.4. The summed E-state index contributed by atoms with van der Waals surface area (Å²) in [6, 6.07) is 16.0. The average Bonchev–Trinajstić information content (AvgIpc) is 1.52. The van der Waals surface area contributed by atoms with Crippen LogP contribution in [-0.4, -0.2) is 198 Å². The molecule has 18 N–H and O–H groups in total. The van der Waals surface area contributed by atoms with Gasteiger partial charge in [-0.3, -0.25) is 39.1 Å². The van der Waals surface area contributed by atoms with Crippen LogP contribution in [0.4, 0.5) is 20.1 Å². The number of piperidine rings is 6. The van der Waals surface area contributed by atoms with Gasteiger partial charge in [0.1, 0.15) is 0 Å². The Morgan fingerprint density at radius 3 is 1.22 bits per heavy atom. The number of rotatable bonds is 0. The number of hydrogen-bond donors (Lipinski definition) is 18. The third-order valence-corrected chi connectivity index (χ3v) is 18.9. The number of aryl methyl sites for hydroxylation is 1. The number of benzene rings is 1. The lowest BCUT2D eigenvalue weighted by atomic mass is 9.65. The number of β-lactam (4-membered cyclic amide) rings is 1. The predicted molar refractivity (Wildman–Crippen MR) is 406 cm³/mol. The summed E-state index contributed by atoms with van der Waals surface area (Å²) in [5.74, 6) is 1.51. The smallest absolute Gasteiger partial charge is 0.325 e. The van der Waals surface area contributed by atoms with Crippen LogP contribution in [0.15, 0.2) is 87.6 Å². The third kappa shape index (κ3) is 43.0. The average molecular weight is 1440 g/mol. The van der Waals surface area contributed by atoms with Crippen molar-refractivity contribution >= 4 is 47.4 Å². The highest BCUT2D eigenvalue weighted by atomic mass is 16.2. The van der Waals surface area contributed by atoms with Crippen molar-refractivity contribution in [3.8, 4) is 0 Å². The van der Waals surface area contributed by atoms with Crippen molar-refractivity contribution in [3.05, 3.63) is 110 Å². The van der Waals surface area contributed by atoms with E-state index in [4.69, 9.17) is 0 Å². The Morgan fingerprint density at radius 2 is 0.922 bits per heavy atom. The van der Waals surface area contributed by atoms with E-state index >= 15 is 0 Å². The Morgan fingerprint density at radius 1 is 0.379 bits per heavy atom. The fourth-order valence-electron chi connectivity index (χ4n) is 12.1. The molecule has 2 atom stereocenters. The molecule has 576 valence electrons. The first-order valence-corrected chi connectivity index (χ1v) is 38.4. The van der Waals surface area contributed by atoms with Gasteiger partial charge in [-0.1, -0.05) is 43.5 Å². The SMILES string of the molecule is C1CC2(C1)CNC2.C1CC2CCC(C1)N2.C1CCNC1.C1CCNCC1.C1CN2CCC1CC2.C1CNC1.O=C1CCCCN1.O=C1CCCN1.O=C1CCN1.O=C1CCNC(=O)N1.O=C1NC=CCN1.O=C1NCCCN1.O=c1cc[nH]c(=O)[nH]1.O=c1cccc[nH]1.c1ccc2c(c1)CCCN2. The number of H-pyrrole nitrogens is 3. The quantitative estimate of drug-likeness (QED) is 0.141. The van der Waals surface area contributed by atoms with Gasteiger partial charge in [-0.25, -0.2) is 19.2 Å². The molecule has 0 radical (unpaired) electrons. The summed E-state index contributed by atoms with van der Waals surface area (Å²) < 4.78 is 0. The molecule has 15 fully saturated rings. The van der Waals surface area contributed by atoms with Crippen LogP contribution in [0.3, 0.4) is 0 Å². The third-order valence-electron chi connectivity index (χ3n) is 18.9. The van der Waals surface area contributed by atoms with E-state index in [0.717, 1.165) is 108 Å². The molecular weight excluding hydrogens is 1310 g/mol. The number of aromatic nitrogens is 3. The molecule has 17 aliphatic rings. The number of aromatic amines is 3. The van der Waals surface area contributed by atoms with Gasteiger partial charge in [0.2, 0.25) is 29.2 Å². The van der Waals surface area contributed by atoms with Gasteiger partial charge in [-0.15, -0.1) is 0 Å². The van der Waals surface area contributed by atoms with Gasteiger partial charge >= 0.3 is 23.8 Å². The molecular formula is C74H125N19O10. The summed E-state index contributed by atoms with van der Waals surface area (Å²) in [5.41, 5.74) is 2.72. The van der Waals surface area contributed by atoms with Gasteiger partial charge in [0.25, 0.3) is 5.56 Å². The Bertz CT molecular complexity index is 2820. The number of nitrogens with zero attached hydrogens (tertiary/aromatic N) is 1. The van der Waals surface area contributed by atoms with Gasteiger partial charge in [0.15, 0.2) is 0 Å². The van der Waals surface area contributed by atoms with E-state index in [-0.39, 0.29) is 52.8 Å². The van der Waals surface area contributed by atoms with Crippen molar-refractivity contribution in [1.29, 1.82) is 0 Å². The molecule has 3 aromatic rings. The monoisotopic (exact) mass is 1440 g/mol. The van der Waals surface area contributed by atoms with Crippen LogP contribution in [0.1, 0.15) is 173 Å². The second-order valence-corrected chi connectivity index (χ2v) is 27.4. The zero-order valence-electron chi connectivity index (χ0n) is 61.2. The molecule has 2 unspecified atom stereocenters. The van der Waals surface area contributed by atoms with Gasteiger partial charge in [-0.05, 0) is 222 Å². The normalized spacial score (nSPS) is 23.4. The Hall–Kier alpha value is -7.96. The number of anilines is 1. The van der Waals surface area contributed by atoms with Crippen molar-refractivity contribution in [2.75, 3.05) is 130 Å². The zero-order valence-corrected chi connectivity index (χ0v) is 61.2. The lowest BCUT2D eigenvalue weighted by Crippen LogP contribution is -2.57. The highest BCUT2D eigenvalue weighted by Crippen LogP contribution is 2.43. The van der Waals surface area contributed by atoms with E-state index in [0.29, 0.717) is 19.5 Å². The fourth-order valence-corrected chi connectivity index (χ4v) is 12.1. The number of amides is 10. The highest BCUT2D eigenvalue weighted by molar-refractivity contribution is 5.96. The van der Waals surface area contributed by atoms with Gasteiger partial charge < -0.3 is 89.3 Å². The van der Waals surface area contributed by atoms with E-state index in [2.05, 4.69) is 119 Å². The van der Waals surface area contributed by atoms with E-state index in [1.54, 1.807) is 24.5 Å². The molecule has 16 aliphatic heterocycles. The summed E-state index contributed by atoms with van der Waals surface area (Å²) in [4.78, 5) is 111. The summed E-state index contributed by atoms with van der Waals surface area (Å²) >= 11 is 0. The van der Waals surface area contributed by atoms with Crippen molar-refractivity contribution in [2.45, 2.75) is 185 Å². The molecule has 29 nitrogen and oxygen atoms in total. The van der Waals surface area contributed by atoms with Crippen molar-refractivity contribution < 1.29 is 33.6 Å². The first-order valence-electron chi connectivity index (χ1n) is 38.4. The minimum absolute atomic E-state index is 0.0359. The maximum absolute atomic E-state index is 10.4. The number of para-hydroxylation sites is 1. The number of nitrogens with one attached hydrogen (secondary N) is 18. The molecule has 1 spiro atoms. The molecule has 2 aromatic heterocycles. The predicted octanol–water partition coefficient (Wildman–Crippen LogP) is 4.15. The summed E-state index contributed by atoms with van der Waals surface area (Å²) in [6.45, 7) is 20.9. The Labute approximate surface area is 609 Å². The summed E-state index contributed by atoms with van der Waals surface area (Å²) in [5, 5.41) is 42.7. The van der Waals surface area contributed by atoms with E-state index in [9.17, 15) is 47.9 Å². The van der Waals surface area contributed by atoms with Crippen molar-refractivity contribution in [3.63, 3.8) is 0 Å². The van der Waals surface area contributed by atoms with E-state index in [1.165, 1.54) is 224 Å². The minimum atomic E-state index is -0.475. The maximum atomic E-state index is 10.4. The summed E-state index contributed by atoms with van der Waals surface area (Å²) in [7, 11) is 0. The van der Waals surface area contributed by atoms with Crippen LogP contribution in [-0.2, 0) is 25.6 Å².